The third kappa shape index (κ3) is 5.02. The number of carbonyl (C=O) groups excluding carboxylic acids is 1. The van der Waals surface area contributed by atoms with Gasteiger partial charge in [0.1, 0.15) is 17.8 Å². The predicted octanol–water partition coefficient (Wildman–Crippen LogP) is 2.40. The molecule has 6 nitrogen and oxygen atoms in total. The maximum Gasteiger partial charge on any atom is 0.272 e. The van der Waals surface area contributed by atoms with Gasteiger partial charge in [-0.2, -0.15) is 0 Å². The van der Waals surface area contributed by atoms with E-state index < -0.39 is 0 Å². The summed E-state index contributed by atoms with van der Waals surface area (Å²) in [6, 6.07) is 5.92. The first-order chi connectivity index (χ1) is 11.1. The van der Waals surface area contributed by atoms with Crippen molar-refractivity contribution >= 4 is 11.7 Å². The highest BCUT2D eigenvalue weighted by molar-refractivity contribution is 5.92. The number of likely N-dealkylation sites (N-methyl/N-ethyl adjacent to an activating group) is 1. The standard InChI is InChI=1S/C17H23N5O/c1-4-13(2)21-16-11-15(19-12-20-16)17(23)22(3)10-7-14-5-8-18-9-6-14/h5-6,8-9,11-13H,4,7,10H2,1-3H3,(H,19,20,21). The fourth-order valence-electron chi connectivity index (χ4n) is 2.05. The zero-order valence-corrected chi connectivity index (χ0v) is 13.9. The molecule has 1 atom stereocenters. The predicted molar refractivity (Wildman–Crippen MR) is 90.3 cm³/mol. The fraction of sp³-hybridized carbons (Fsp3) is 0.412. The Morgan fingerprint density at radius 2 is 2.04 bits per heavy atom. The van der Waals surface area contributed by atoms with Crippen LogP contribution in [0.5, 0.6) is 0 Å². The lowest BCUT2D eigenvalue weighted by atomic mass is 10.2. The Kier molecular flexibility index (Phi) is 6.02. The van der Waals surface area contributed by atoms with Crippen molar-refractivity contribution < 1.29 is 4.79 Å². The first-order valence-electron chi connectivity index (χ1n) is 7.83. The van der Waals surface area contributed by atoms with Gasteiger partial charge in [0, 0.05) is 38.1 Å². The first-order valence-corrected chi connectivity index (χ1v) is 7.83. The maximum absolute atomic E-state index is 12.5. The van der Waals surface area contributed by atoms with Gasteiger partial charge >= 0.3 is 0 Å². The van der Waals surface area contributed by atoms with Crippen molar-refractivity contribution in [3.05, 3.63) is 48.2 Å². The molecule has 0 radical (unpaired) electrons. The number of anilines is 1. The van der Waals surface area contributed by atoms with Gasteiger partial charge in [0.25, 0.3) is 5.91 Å². The van der Waals surface area contributed by atoms with Gasteiger partial charge in [-0.15, -0.1) is 0 Å². The zero-order chi connectivity index (χ0) is 16.7. The van der Waals surface area contributed by atoms with E-state index in [-0.39, 0.29) is 5.91 Å². The molecule has 2 rings (SSSR count). The number of aromatic nitrogens is 3. The van der Waals surface area contributed by atoms with Crippen LogP contribution in [-0.2, 0) is 6.42 Å². The summed E-state index contributed by atoms with van der Waals surface area (Å²) in [4.78, 5) is 26.4. The fourth-order valence-corrected chi connectivity index (χ4v) is 2.05. The molecule has 0 aliphatic carbocycles. The Balaban J connectivity index is 1.97. The number of rotatable bonds is 7. The third-order valence-electron chi connectivity index (χ3n) is 3.72. The topological polar surface area (TPSA) is 71.0 Å². The highest BCUT2D eigenvalue weighted by Crippen LogP contribution is 2.09. The number of nitrogens with zero attached hydrogens (tertiary/aromatic N) is 4. The molecule has 0 aliphatic rings. The Labute approximate surface area is 137 Å². The molecule has 6 heteroatoms. The summed E-state index contributed by atoms with van der Waals surface area (Å²) >= 11 is 0. The monoisotopic (exact) mass is 313 g/mol. The minimum Gasteiger partial charge on any atom is -0.368 e. The molecular weight excluding hydrogens is 290 g/mol. The van der Waals surface area contributed by atoms with E-state index in [0.717, 1.165) is 18.4 Å². The molecule has 0 aliphatic heterocycles. The molecule has 1 unspecified atom stereocenters. The second-order valence-electron chi connectivity index (χ2n) is 5.57. The van der Waals surface area contributed by atoms with Crippen molar-refractivity contribution in [2.75, 3.05) is 18.9 Å². The number of pyridine rings is 1. The number of hydrogen-bond acceptors (Lipinski definition) is 5. The Morgan fingerprint density at radius 3 is 2.74 bits per heavy atom. The molecule has 0 bridgehead atoms. The van der Waals surface area contributed by atoms with E-state index in [1.54, 1.807) is 30.4 Å². The van der Waals surface area contributed by atoms with Crippen molar-refractivity contribution in [3.8, 4) is 0 Å². The molecule has 2 aromatic rings. The summed E-state index contributed by atoms with van der Waals surface area (Å²) in [5.41, 5.74) is 1.56. The van der Waals surface area contributed by atoms with Crippen LogP contribution < -0.4 is 5.32 Å². The average molecular weight is 313 g/mol. The molecule has 2 aromatic heterocycles. The van der Waals surface area contributed by atoms with E-state index in [2.05, 4.69) is 34.1 Å². The summed E-state index contributed by atoms with van der Waals surface area (Å²) in [7, 11) is 1.79. The Hall–Kier alpha value is -2.50. The second kappa shape index (κ2) is 8.22. The van der Waals surface area contributed by atoms with Crippen molar-refractivity contribution in [2.24, 2.45) is 0 Å². The van der Waals surface area contributed by atoms with E-state index >= 15 is 0 Å². The van der Waals surface area contributed by atoms with E-state index in [9.17, 15) is 4.79 Å². The highest BCUT2D eigenvalue weighted by Gasteiger charge is 2.14. The smallest absolute Gasteiger partial charge is 0.272 e. The molecule has 122 valence electrons. The van der Waals surface area contributed by atoms with Gasteiger partial charge in [0.15, 0.2) is 0 Å². The van der Waals surface area contributed by atoms with E-state index in [0.29, 0.717) is 24.1 Å². The number of carbonyl (C=O) groups is 1. The summed E-state index contributed by atoms with van der Waals surface area (Å²) in [5.74, 6) is 0.578. The number of amides is 1. The van der Waals surface area contributed by atoms with Gasteiger partial charge in [0.2, 0.25) is 0 Å². The lowest BCUT2D eigenvalue weighted by Gasteiger charge is -2.17. The van der Waals surface area contributed by atoms with Gasteiger partial charge in [-0.3, -0.25) is 9.78 Å². The van der Waals surface area contributed by atoms with Crippen LogP contribution in [0.1, 0.15) is 36.3 Å². The second-order valence-corrected chi connectivity index (χ2v) is 5.57. The minimum atomic E-state index is -0.103. The summed E-state index contributed by atoms with van der Waals surface area (Å²) in [6.45, 7) is 4.79. The molecule has 2 heterocycles. The van der Waals surface area contributed by atoms with E-state index in [4.69, 9.17) is 0 Å². The molecule has 0 saturated heterocycles. The number of nitrogens with one attached hydrogen (secondary N) is 1. The molecular formula is C17H23N5O. The molecule has 0 aromatic carbocycles. The molecule has 0 fully saturated rings. The maximum atomic E-state index is 12.5. The van der Waals surface area contributed by atoms with Crippen LogP contribution in [0, 0.1) is 0 Å². The largest absolute Gasteiger partial charge is 0.368 e. The van der Waals surface area contributed by atoms with Crippen LogP contribution in [0.3, 0.4) is 0 Å². The van der Waals surface area contributed by atoms with Crippen LogP contribution in [0.2, 0.25) is 0 Å². The van der Waals surface area contributed by atoms with Crippen LogP contribution in [0.15, 0.2) is 36.9 Å². The molecule has 0 spiro atoms. The molecule has 23 heavy (non-hydrogen) atoms. The Bertz CT molecular complexity index is 632. The van der Waals surface area contributed by atoms with Crippen molar-refractivity contribution in [1.82, 2.24) is 19.9 Å². The Morgan fingerprint density at radius 1 is 1.30 bits per heavy atom. The zero-order valence-electron chi connectivity index (χ0n) is 13.9. The quantitative estimate of drug-likeness (QED) is 0.850. The van der Waals surface area contributed by atoms with Crippen LogP contribution >= 0.6 is 0 Å². The van der Waals surface area contributed by atoms with Gasteiger partial charge in [-0.25, -0.2) is 9.97 Å². The molecule has 1 amide bonds. The average Bonchev–Trinajstić information content (AvgIpc) is 2.60. The lowest BCUT2D eigenvalue weighted by Crippen LogP contribution is -2.29. The SMILES string of the molecule is CCC(C)Nc1cc(C(=O)N(C)CCc2ccncc2)ncn1. The highest BCUT2D eigenvalue weighted by atomic mass is 16.2. The van der Waals surface area contributed by atoms with Crippen LogP contribution in [0.25, 0.3) is 0 Å². The number of hydrogen-bond donors (Lipinski definition) is 1. The molecule has 0 saturated carbocycles. The van der Waals surface area contributed by atoms with Crippen LogP contribution in [-0.4, -0.2) is 45.4 Å². The summed E-state index contributed by atoms with van der Waals surface area (Å²) < 4.78 is 0. The minimum absolute atomic E-state index is 0.103. The third-order valence-corrected chi connectivity index (χ3v) is 3.72. The van der Waals surface area contributed by atoms with Gasteiger partial charge in [-0.05, 0) is 37.5 Å². The van der Waals surface area contributed by atoms with Gasteiger partial charge in [-0.1, -0.05) is 6.92 Å². The van der Waals surface area contributed by atoms with Crippen molar-refractivity contribution in [3.63, 3.8) is 0 Å². The summed E-state index contributed by atoms with van der Waals surface area (Å²) in [5, 5.41) is 3.25. The van der Waals surface area contributed by atoms with Crippen molar-refractivity contribution in [2.45, 2.75) is 32.7 Å². The van der Waals surface area contributed by atoms with E-state index in [1.807, 2.05) is 12.1 Å². The normalized spacial score (nSPS) is 11.8. The lowest BCUT2D eigenvalue weighted by molar-refractivity contribution is 0.0790. The van der Waals surface area contributed by atoms with E-state index in [1.165, 1.54) is 6.33 Å². The molecule has 1 N–H and O–H groups in total. The first kappa shape index (κ1) is 16.9. The van der Waals surface area contributed by atoms with Crippen LogP contribution in [0.4, 0.5) is 5.82 Å². The summed E-state index contributed by atoms with van der Waals surface area (Å²) in [6.07, 6.45) is 6.71. The van der Waals surface area contributed by atoms with Crippen molar-refractivity contribution in [1.29, 1.82) is 0 Å². The van der Waals surface area contributed by atoms with Gasteiger partial charge in [0.05, 0.1) is 0 Å². The van der Waals surface area contributed by atoms with Gasteiger partial charge < -0.3 is 10.2 Å².